The molecule has 0 aromatic carbocycles. The topological polar surface area (TPSA) is 0 Å². The van der Waals surface area contributed by atoms with Crippen molar-refractivity contribution in [3.05, 3.63) is 0 Å². The Hall–Kier alpha value is 0. The van der Waals surface area contributed by atoms with E-state index in [1.54, 1.807) is 0 Å². The van der Waals surface area contributed by atoms with Crippen LogP contribution in [0.1, 0.15) is 48.0 Å². The largest absolute Gasteiger partial charge is 0.0625 e. The lowest BCUT2D eigenvalue weighted by Crippen LogP contribution is -2.51. The molecule has 0 amide bonds. The van der Waals surface area contributed by atoms with E-state index in [1.165, 1.54) is 6.42 Å². The van der Waals surface area contributed by atoms with Crippen LogP contribution >= 0.6 is 0 Å². The molecule has 12 heavy (non-hydrogen) atoms. The predicted octanol–water partition coefficient (Wildman–Crippen LogP) is 3.96. The van der Waals surface area contributed by atoms with Crippen LogP contribution in [-0.4, -0.2) is 0 Å². The molecule has 1 saturated carbocycles. The molecule has 1 fully saturated rings. The molecule has 0 spiro atoms. The Labute approximate surface area is 77.7 Å². The molecule has 3 atom stereocenters. The summed E-state index contributed by atoms with van der Waals surface area (Å²) in [5, 5.41) is 0. The van der Waals surface area contributed by atoms with E-state index in [1.807, 2.05) is 0 Å². The molecule has 3 unspecified atom stereocenters. The molecule has 0 bridgehead atoms. The summed E-state index contributed by atoms with van der Waals surface area (Å²) in [7, 11) is 0. The van der Waals surface area contributed by atoms with Crippen molar-refractivity contribution in [2.75, 3.05) is 0 Å². The fourth-order valence-corrected chi connectivity index (χ4v) is 3.08. The molecular formula is C12H24. The van der Waals surface area contributed by atoms with Crippen LogP contribution in [0.15, 0.2) is 0 Å². The highest BCUT2D eigenvalue weighted by atomic mass is 14.6. The Kier molecular flexibility index (Phi) is 2.56. The van der Waals surface area contributed by atoms with E-state index in [2.05, 4.69) is 41.5 Å². The van der Waals surface area contributed by atoms with Gasteiger partial charge in [0, 0.05) is 0 Å². The molecule has 0 aromatic rings. The van der Waals surface area contributed by atoms with Crippen LogP contribution in [0, 0.1) is 29.1 Å². The quantitative estimate of drug-likeness (QED) is 0.585. The zero-order chi connectivity index (χ0) is 9.52. The summed E-state index contributed by atoms with van der Waals surface area (Å²) in [6.07, 6.45) is 1.45. The second kappa shape index (κ2) is 3.05. The minimum atomic E-state index is 0.619. The Bertz CT molecular complexity index is 151. The Balaban J connectivity index is 2.72. The van der Waals surface area contributed by atoms with Crippen LogP contribution in [0.3, 0.4) is 0 Å². The van der Waals surface area contributed by atoms with Gasteiger partial charge in [-0.2, -0.15) is 0 Å². The van der Waals surface area contributed by atoms with E-state index in [4.69, 9.17) is 0 Å². The molecule has 0 heteroatoms. The lowest BCUT2D eigenvalue weighted by molar-refractivity contribution is -0.0911. The molecule has 72 valence electrons. The Morgan fingerprint density at radius 3 is 1.83 bits per heavy atom. The second-order valence-electron chi connectivity index (χ2n) is 5.51. The van der Waals surface area contributed by atoms with E-state index in [0.717, 1.165) is 23.7 Å². The van der Waals surface area contributed by atoms with E-state index in [0.29, 0.717) is 5.41 Å². The first kappa shape index (κ1) is 10.1. The average Bonchev–Trinajstić information content (AvgIpc) is 1.97. The predicted molar refractivity (Wildman–Crippen MR) is 55.1 cm³/mol. The first-order chi connectivity index (χ1) is 5.40. The first-order valence-corrected chi connectivity index (χ1v) is 5.40. The van der Waals surface area contributed by atoms with Gasteiger partial charge in [-0.05, 0) is 35.5 Å². The fourth-order valence-electron chi connectivity index (χ4n) is 3.08. The maximum absolute atomic E-state index is 2.48. The zero-order valence-electron chi connectivity index (χ0n) is 9.52. The Morgan fingerprint density at radius 1 is 1.17 bits per heavy atom. The van der Waals surface area contributed by atoms with E-state index in [-0.39, 0.29) is 0 Å². The number of rotatable bonds is 2. The van der Waals surface area contributed by atoms with E-state index >= 15 is 0 Å². The van der Waals surface area contributed by atoms with Gasteiger partial charge in [0.2, 0.25) is 0 Å². The maximum atomic E-state index is 2.48. The maximum Gasteiger partial charge on any atom is -0.0246 e. The molecule has 1 aliphatic carbocycles. The van der Waals surface area contributed by atoms with Gasteiger partial charge in [-0.1, -0.05) is 41.5 Å². The van der Waals surface area contributed by atoms with Gasteiger partial charge in [0.25, 0.3) is 0 Å². The lowest BCUT2D eigenvalue weighted by Gasteiger charge is -2.58. The molecule has 0 aromatic heterocycles. The molecule has 1 aliphatic rings. The highest BCUT2D eigenvalue weighted by molar-refractivity contribution is 5.00. The minimum absolute atomic E-state index is 0.619. The molecule has 0 aliphatic heterocycles. The highest BCUT2D eigenvalue weighted by Gasteiger charge is 2.51. The van der Waals surface area contributed by atoms with Crippen LogP contribution < -0.4 is 0 Å². The van der Waals surface area contributed by atoms with Gasteiger partial charge in [-0.25, -0.2) is 0 Å². The van der Waals surface area contributed by atoms with Crippen molar-refractivity contribution < 1.29 is 0 Å². The third-order valence-corrected chi connectivity index (χ3v) is 4.52. The summed E-state index contributed by atoms with van der Waals surface area (Å²) in [5.74, 6) is 3.61. The smallest absolute Gasteiger partial charge is 0.0246 e. The van der Waals surface area contributed by atoms with Crippen LogP contribution in [0.2, 0.25) is 0 Å². The average molecular weight is 168 g/mol. The third-order valence-electron chi connectivity index (χ3n) is 4.52. The van der Waals surface area contributed by atoms with Crippen molar-refractivity contribution >= 4 is 0 Å². The first-order valence-electron chi connectivity index (χ1n) is 5.40. The number of hydrogen-bond donors (Lipinski definition) is 0. The monoisotopic (exact) mass is 168 g/mol. The highest BCUT2D eigenvalue weighted by Crippen LogP contribution is 2.58. The van der Waals surface area contributed by atoms with Crippen LogP contribution in [0.4, 0.5) is 0 Å². The standard InChI is InChI=1S/C12H24/c1-8(2)11-7-10(5)12(11,6)9(3)4/h8-11H,7H2,1-6H3. The molecule has 0 heterocycles. The van der Waals surface area contributed by atoms with Gasteiger partial charge in [-0.3, -0.25) is 0 Å². The lowest BCUT2D eigenvalue weighted by atomic mass is 9.47. The third kappa shape index (κ3) is 1.20. The molecule has 0 radical (unpaired) electrons. The van der Waals surface area contributed by atoms with E-state index < -0.39 is 0 Å². The van der Waals surface area contributed by atoms with Crippen LogP contribution in [0.5, 0.6) is 0 Å². The van der Waals surface area contributed by atoms with Gasteiger partial charge in [0.05, 0.1) is 0 Å². The zero-order valence-corrected chi connectivity index (χ0v) is 9.52. The van der Waals surface area contributed by atoms with Crippen LogP contribution in [-0.2, 0) is 0 Å². The second-order valence-corrected chi connectivity index (χ2v) is 5.51. The van der Waals surface area contributed by atoms with Crippen LogP contribution in [0.25, 0.3) is 0 Å². The summed E-state index contributed by atoms with van der Waals surface area (Å²) < 4.78 is 0. The summed E-state index contributed by atoms with van der Waals surface area (Å²) in [4.78, 5) is 0. The molecule has 1 rings (SSSR count). The van der Waals surface area contributed by atoms with Crippen molar-refractivity contribution in [1.82, 2.24) is 0 Å². The van der Waals surface area contributed by atoms with E-state index in [9.17, 15) is 0 Å². The summed E-state index contributed by atoms with van der Waals surface area (Å²) >= 11 is 0. The van der Waals surface area contributed by atoms with Gasteiger partial charge in [-0.15, -0.1) is 0 Å². The van der Waals surface area contributed by atoms with Gasteiger partial charge in [0.1, 0.15) is 0 Å². The van der Waals surface area contributed by atoms with Gasteiger partial charge >= 0.3 is 0 Å². The molecule has 0 N–H and O–H groups in total. The molecule has 0 saturated heterocycles. The normalized spacial score (nSPS) is 42.0. The van der Waals surface area contributed by atoms with Crippen molar-refractivity contribution in [3.8, 4) is 0 Å². The van der Waals surface area contributed by atoms with Crippen molar-refractivity contribution in [1.29, 1.82) is 0 Å². The SMILES string of the molecule is CC(C)C1CC(C)C1(C)C(C)C. The summed E-state index contributed by atoms with van der Waals surface area (Å²) in [5.41, 5.74) is 0.619. The summed E-state index contributed by atoms with van der Waals surface area (Å²) in [6, 6.07) is 0. The summed E-state index contributed by atoms with van der Waals surface area (Å²) in [6.45, 7) is 14.4. The van der Waals surface area contributed by atoms with Crippen molar-refractivity contribution in [2.45, 2.75) is 48.0 Å². The van der Waals surface area contributed by atoms with Gasteiger partial charge in [0.15, 0.2) is 0 Å². The van der Waals surface area contributed by atoms with Crippen molar-refractivity contribution in [3.63, 3.8) is 0 Å². The minimum Gasteiger partial charge on any atom is -0.0625 e. The van der Waals surface area contributed by atoms with Crippen molar-refractivity contribution in [2.24, 2.45) is 29.1 Å². The van der Waals surface area contributed by atoms with Gasteiger partial charge < -0.3 is 0 Å². The fraction of sp³-hybridized carbons (Fsp3) is 1.00. The Morgan fingerprint density at radius 2 is 1.67 bits per heavy atom. The molecule has 0 nitrogen and oxygen atoms in total. The molecular weight excluding hydrogens is 144 g/mol. The number of hydrogen-bond acceptors (Lipinski definition) is 0.